The van der Waals surface area contributed by atoms with Gasteiger partial charge in [-0.05, 0) is 75.4 Å². The summed E-state index contributed by atoms with van der Waals surface area (Å²) in [5.74, 6) is 0.600. The number of rotatable bonds is 9. The maximum absolute atomic E-state index is 13.8. The Kier molecular flexibility index (Phi) is 7.08. The molecule has 1 aliphatic rings. The molecule has 0 radical (unpaired) electrons. The minimum absolute atomic E-state index is 0.120. The standard InChI is InChI=1S/C28H33NO5/c1-6-12-33-21-10-7-9-20(16-21)24-23-25(30)22-15-18(4)14-19(5)26(22)34-27(23)28(31)29(24)11-8-13-32-17(2)3/h7,9-10,14-17,24H,6,8,11-13H2,1-5H3. The number of carbonyl (C=O) groups is 1. The monoisotopic (exact) mass is 463 g/mol. The van der Waals surface area contributed by atoms with Crippen molar-refractivity contribution in [1.82, 2.24) is 4.90 Å². The quantitative estimate of drug-likeness (QED) is 0.389. The molecule has 6 heteroatoms. The molecule has 1 aliphatic heterocycles. The molecule has 1 aromatic heterocycles. The van der Waals surface area contributed by atoms with E-state index in [0.29, 0.717) is 42.7 Å². The maximum Gasteiger partial charge on any atom is 0.290 e. The summed E-state index contributed by atoms with van der Waals surface area (Å²) in [4.78, 5) is 29.1. The molecule has 0 N–H and O–H groups in total. The molecule has 0 spiro atoms. The number of carbonyl (C=O) groups excluding carboxylic acids is 1. The van der Waals surface area contributed by atoms with Crippen molar-refractivity contribution >= 4 is 16.9 Å². The van der Waals surface area contributed by atoms with Gasteiger partial charge in [-0.3, -0.25) is 9.59 Å². The number of hydrogen-bond acceptors (Lipinski definition) is 5. The first kappa shape index (κ1) is 24.0. The average Bonchev–Trinajstić information content (AvgIpc) is 3.08. The predicted octanol–water partition coefficient (Wildman–Crippen LogP) is 5.56. The smallest absolute Gasteiger partial charge is 0.290 e. The van der Waals surface area contributed by atoms with E-state index in [1.807, 2.05) is 64.1 Å². The lowest BCUT2D eigenvalue weighted by atomic mass is 9.97. The number of aryl methyl sites for hydroxylation is 2. The molecule has 0 saturated carbocycles. The van der Waals surface area contributed by atoms with E-state index in [1.165, 1.54) is 0 Å². The number of amides is 1. The molecule has 0 fully saturated rings. The van der Waals surface area contributed by atoms with Crippen LogP contribution in [0.5, 0.6) is 5.75 Å². The van der Waals surface area contributed by atoms with Gasteiger partial charge in [0.2, 0.25) is 5.76 Å². The molecule has 4 rings (SSSR count). The lowest BCUT2D eigenvalue weighted by Crippen LogP contribution is -2.31. The Morgan fingerprint density at radius 1 is 1.09 bits per heavy atom. The third-order valence-electron chi connectivity index (χ3n) is 6.04. The Hall–Kier alpha value is -3.12. The highest BCUT2D eigenvalue weighted by atomic mass is 16.5. The Morgan fingerprint density at radius 2 is 1.88 bits per heavy atom. The molecule has 1 unspecified atom stereocenters. The molecule has 0 bridgehead atoms. The van der Waals surface area contributed by atoms with Crippen LogP contribution in [-0.4, -0.2) is 36.7 Å². The van der Waals surface area contributed by atoms with Gasteiger partial charge in [0, 0.05) is 13.2 Å². The van der Waals surface area contributed by atoms with E-state index >= 15 is 0 Å². The highest BCUT2D eigenvalue weighted by Crippen LogP contribution is 2.39. The number of ether oxygens (including phenoxy) is 2. The van der Waals surface area contributed by atoms with E-state index < -0.39 is 6.04 Å². The number of nitrogens with zero attached hydrogens (tertiary/aromatic N) is 1. The van der Waals surface area contributed by atoms with E-state index in [0.717, 1.165) is 28.9 Å². The SMILES string of the molecule is CCCOc1cccc(C2c3c(oc4c(C)cc(C)cc4c3=O)C(=O)N2CCCOC(C)C)c1. The third kappa shape index (κ3) is 4.60. The van der Waals surface area contributed by atoms with Crippen molar-refractivity contribution in [2.45, 2.75) is 59.6 Å². The zero-order valence-corrected chi connectivity index (χ0v) is 20.6. The van der Waals surface area contributed by atoms with Crippen molar-refractivity contribution < 1.29 is 18.7 Å². The zero-order valence-electron chi connectivity index (χ0n) is 20.6. The van der Waals surface area contributed by atoms with Gasteiger partial charge in [-0.1, -0.05) is 25.1 Å². The Balaban J connectivity index is 1.83. The van der Waals surface area contributed by atoms with Crippen molar-refractivity contribution in [3.05, 3.63) is 74.6 Å². The first-order valence-corrected chi connectivity index (χ1v) is 12.0. The lowest BCUT2D eigenvalue weighted by molar-refractivity contribution is 0.0593. The van der Waals surface area contributed by atoms with Crippen molar-refractivity contribution in [1.29, 1.82) is 0 Å². The van der Waals surface area contributed by atoms with Crippen LogP contribution in [0, 0.1) is 13.8 Å². The number of fused-ring (bicyclic) bond motifs is 2. The van der Waals surface area contributed by atoms with E-state index in [9.17, 15) is 9.59 Å². The molecular formula is C28H33NO5. The molecule has 34 heavy (non-hydrogen) atoms. The fourth-order valence-electron chi connectivity index (χ4n) is 4.60. The van der Waals surface area contributed by atoms with Gasteiger partial charge in [0.1, 0.15) is 11.3 Å². The minimum atomic E-state index is -0.534. The van der Waals surface area contributed by atoms with Crippen molar-refractivity contribution in [2.75, 3.05) is 19.8 Å². The van der Waals surface area contributed by atoms with Crippen LogP contribution < -0.4 is 10.2 Å². The summed E-state index contributed by atoms with van der Waals surface area (Å²) in [6.45, 7) is 11.5. The van der Waals surface area contributed by atoms with E-state index in [1.54, 1.807) is 4.90 Å². The van der Waals surface area contributed by atoms with Crippen LogP contribution in [0.4, 0.5) is 0 Å². The van der Waals surface area contributed by atoms with Crippen LogP contribution in [0.15, 0.2) is 45.6 Å². The van der Waals surface area contributed by atoms with Gasteiger partial charge in [0.05, 0.1) is 29.7 Å². The van der Waals surface area contributed by atoms with Gasteiger partial charge in [-0.2, -0.15) is 0 Å². The van der Waals surface area contributed by atoms with Gasteiger partial charge in [-0.25, -0.2) is 0 Å². The summed E-state index contributed by atoms with van der Waals surface area (Å²) in [5.41, 5.74) is 3.39. The van der Waals surface area contributed by atoms with E-state index in [4.69, 9.17) is 13.9 Å². The summed E-state index contributed by atoms with van der Waals surface area (Å²) in [7, 11) is 0. The fourth-order valence-corrected chi connectivity index (χ4v) is 4.60. The topological polar surface area (TPSA) is 69.0 Å². The minimum Gasteiger partial charge on any atom is -0.494 e. The first-order valence-electron chi connectivity index (χ1n) is 12.0. The molecule has 2 aromatic carbocycles. The molecule has 6 nitrogen and oxygen atoms in total. The van der Waals surface area contributed by atoms with Crippen LogP contribution in [-0.2, 0) is 4.74 Å². The Morgan fingerprint density at radius 3 is 2.62 bits per heavy atom. The van der Waals surface area contributed by atoms with Gasteiger partial charge in [-0.15, -0.1) is 0 Å². The molecule has 0 saturated heterocycles. The van der Waals surface area contributed by atoms with Gasteiger partial charge in [0.25, 0.3) is 5.91 Å². The second-order valence-electron chi connectivity index (χ2n) is 9.23. The number of benzene rings is 2. The summed E-state index contributed by atoms with van der Waals surface area (Å²) in [5, 5.41) is 0.512. The predicted molar refractivity (Wildman–Crippen MR) is 133 cm³/mol. The molecule has 1 amide bonds. The Bertz CT molecular complexity index is 1260. The normalized spacial score (nSPS) is 15.4. The van der Waals surface area contributed by atoms with Crippen LogP contribution >= 0.6 is 0 Å². The van der Waals surface area contributed by atoms with Crippen LogP contribution in [0.1, 0.15) is 72.5 Å². The molecule has 2 heterocycles. The van der Waals surface area contributed by atoms with Crippen molar-refractivity contribution in [2.24, 2.45) is 0 Å². The second-order valence-corrected chi connectivity index (χ2v) is 9.23. The molecule has 0 aliphatic carbocycles. The van der Waals surface area contributed by atoms with Crippen LogP contribution in [0.25, 0.3) is 11.0 Å². The molecule has 1 atom stereocenters. The lowest BCUT2D eigenvalue weighted by Gasteiger charge is -2.25. The summed E-state index contributed by atoms with van der Waals surface area (Å²) < 4.78 is 17.7. The first-order chi connectivity index (χ1) is 16.3. The van der Waals surface area contributed by atoms with Gasteiger partial charge < -0.3 is 18.8 Å². The van der Waals surface area contributed by atoms with E-state index in [2.05, 4.69) is 6.92 Å². The highest BCUT2D eigenvalue weighted by Gasteiger charge is 2.42. The van der Waals surface area contributed by atoms with Crippen LogP contribution in [0.3, 0.4) is 0 Å². The maximum atomic E-state index is 13.8. The van der Waals surface area contributed by atoms with Gasteiger partial charge >= 0.3 is 0 Å². The highest BCUT2D eigenvalue weighted by molar-refractivity contribution is 5.99. The summed E-state index contributed by atoms with van der Waals surface area (Å²) in [6.07, 6.45) is 1.67. The fraction of sp³-hybridized carbons (Fsp3) is 0.429. The molecule has 3 aromatic rings. The molecule has 180 valence electrons. The second kappa shape index (κ2) is 10.0. The summed E-state index contributed by atoms with van der Waals surface area (Å²) in [6, 6.07) is 10.9. The van der Waals surface area contributed by atoms with Gasteiger partial charge in [0.15, 0.2) is 5.43 Å². The van der Waals surface area contributed by atoms with Crippen molar-refractivity contribution in [3.8, 4) is 5.75 Å². The van der Waals surface area contributed by atoms with Crippen LogP contribution in [0.2, 0.25) is 0 Å². The largest absolute Gasteiger partial charge is 0.494 e. The molecular weight excluding hydrogens is 430 g/mol. The number of hydrogen-bond donors (Lipinski definition) is 0. The van der Waals surface area contributed by atoms with Crippen molar-refractivity contribution in [3.63, 3.8) is 0 Å². The van der Waals surface area contributed by atoms with E-state index in [-0.39, 0.29) is 23.2 Å². The third-order valence-corrected chi connectivity index (χ3v) is 6.04. The Labute approximate surface area is 200 Å². The zero-order chi connectivity index (χ0) is 24.4. The summed E-state index contributed by atoms with van der Waals surface area (Å²) >= 11 is 0. The average molecular weight is 464 g/mol.